The monoisotopic (exact) mass is 495 g/mol. The molecule has 36 heavy (non-hydrogen) atoms. The van der Waals surface area contributed by atoms with Gasteiger partial charge in [0.05, 0.1) is 11.9 Å². The number of H-pyrrole nitrogens is 1. The van der Waals surface area contributed by atoms with Crippen molar-refractivity contribution in [3.8, 4) is 0 Å². The SMILES string of the molecule is O=C(NC12CC(C1)C2)OC1CC(c2cc(Nc3ncc(N4CCNCC4)c4nccn34)n[nH]2)CC1F. The quantitative estimate of drug-likeness (QED) is 0.411. The number of aromatic amines is 1. The maximum absolute atomic E-state index is 14.7. The third-order valence-corrected chi connectivity index (χ3v) is 8.24. The van der Waals surface area contributed by atoms with E-state index >= 15 is 0 Å². The van der Waals surface area contributed by atoms with E-state index < -0.39 is 18.4 Å². The maximum atomic E-state index is 14.7. The molecule has 1 amide bonds. The summed E-state index contributed by atoms with van der Waals surface area (Å²) in [7, 11) is 0. The van der Waals surface area contributed by atoms with Gasteiger partial charge in [-0.2, -0.15) is 5.10 Å². The molecule has 1 saturated heterocycles. The first-order valence-electron chi connectivity index (χ1n) is 12.8. The van der Waals surface area contributed by atoms with Gasteiger partial charge in [0.1, 0.15) is 12.3 Å². The minimum atomic E-state index is -1.20. The van der Waals surface area contributed by atoms with Crippen LogP contribution in [-0.4, -0.2) is 74.7 Å². The number of alkyl halides is 1. The largest absolute Gasteiger partial charge is 0.443 e. The number of nitrogens with zero attached hydrogens (tertiary/aromatic N) is 5. The van der Waals surface area contributed by atoms with E-state index in [9.17, 15) is 9.18 Å². The molecule has 4 aliphatic carbocycles. The van der Waals surface area contributed by atoms with Crippen LogP contribution in [0.1, 0.15) is 43.7 Å². The fraction of sp³-hybridized carbons (Fsp3) is 0.583. The van der Waals surface area contributed by atoms with Gasteiger partial charge in [-0.25, -0.2) is 19.2 Å². The van der Waals surface area contributed by atoms with Crippen molar-refractivity contribution in [2.45, 2.75) is 55.8 Å². The lowest BCUT2D eigenvalue weighted by atomic mass is 9.50. The van der Waals surface area contributed by atoms with Crippen molar-refractivity contribution in [2.24, 2.45) is 5.92 Å². The minimum Gasteiger partial charge on any atom is -0.443 e. The fourth-order valence-electron chi connectivity index (χ4n) is 6.19. The van der Waals surface area contributed by atoms with Crippen LogP contribution in [0.3, 0.4) is 0 Å². The number of alkyl carbamates (subject to hydrolysis) is 1. The summed E-state index contributed by atoms with van der Waals surface area (Å²) >= 11 is 0. The molecule has 4 N–H and O–H groups in total. The number of amides is 1. The molecule has 3 aromatic heterocycles. The average Bonchev–Trinajstić information content (AvgIpc) is 3.57. The highest BCUT2D eigenvalue weighted by Crippen LogP contribution is 2.57. The molecule has 11 nitrogen and oxygen atoms in total. The number of fused-ring (bicyclic) bond motifs is 1. The number of aromatic nitrogens is 5. The lowest BCUT2D eigenvalue weighted by Crippen LogP contribution is -2.68. The molecule has 0 aromatic carbocycles. The summed E-state index contributed by atoms with van der Waals surface area (Å²) in [6.07, 6.45) is 6.82. The van der Waals surface area contributed by atoms with Crippen LogP contribution in [0.4, 0.5) is 26.6 Å². The first-order valence-corrected chi connectivity index (χ1v) is 12.8. The molecule has 3 aromatic rings. The number of carbonyl (C=O) groups excluding carboxylic acids is 1. The highest BCUT2D eigenvalue weighted by atomic mass is 19.1. The Hall–Kier alpha value is -3.41. The first-order chi connectivity index (χ1) is 17.6. The normalized spacial score (nSPS) is 31.1. The van der Waals surface area contributed by atoms with Crippen LogP contribution in [0.5, 0.6) is 0 Å². The zero-order valence-electron chi connectivity index (χ0n) is 19.9. The first kappa shape index (κ1) is 21.8. The average molecular weight is 496 g/mol. The molecule has 1 aliphatic heterocycles. The zero-order valence-corrected chi connectivity index (χ0v) is 19.9. The van der Waals surface area contributed by atoms with Crippen LogP contribution >= 0.6 is 0 Å². The van der Waals surface area contributed by atoms with E-state index in [2.05, 4.69) is 41.0 Å². The van der Waals surface area contributed by atoms with E-state index in [1.807, 2.05) is 22.9 Å². The van der Waals surface area contributed by atoms with E-state index in [0.29, 0.717) is 18.2 Å². The van der Waals surface area contributed by atoms with Crippen molar-refractivity contribution in [2.75, 3.05) is 36.4 Å². The van der Waals surface area contributed by atoms with E-state index in [0.717, 1.165) is 68.4 Å². The van der Waals surface area contributed by atoms with Gasteiger partial charge in [-0.15, -0.1) is 0 Å². The Labute approximate surface area is 207 Å². The highest BCUT2D eigenvalue weighted by molar-refractivity contribution is 5.71. The van der Waals surface area contributed by atoms with E-state index in [1.54, 1.807) is 6.20 Å². The van der Waals surface area contributed by atoms with Crippen molar-refractivity contribution in [1.29, 1.82) is 0 Å². The van der Waals surface area contributed by atoms with Crippen LogP contribution in [-0.2, 0) is 4.74 Å². The predicted octanol–water partition coefficient (Wildman–Crippen LogP) is 2.47. The third-order valence-electron chi connectivity index (χ3n) is 8.24. The second-order valence-corrected chi connectivity index (χ2v) is 10.7. The van der Waals surface area contributed by atoms with Crippen LogP contribution in [0.25, 0.3) is 5.65 Å². The van der Waals surface area contributed by atoms with Gasteiger partial charge < -0.3 is 25.6 Å². The number of rotatable bonds is 6. The second-order valence-electron chi connectivity index (χ2n) is 10.7. The van der Waals surface area contributed by atoms with Crippen molar-refractivity contribution < 1.29 is 13.9 Å². The summed E-state index contributed by atoms with van der Waals surface area (Å²) in [6, 6.07) is 1.87. The molecule has 0 radical (unpaired) electrons. The molecule has 3 atom stereocenters. The van der Waals surface area contributed by atoms with Gasteiger partial charge in [0.15, 0.2) is 11.5 Å². The number of carbonyl (C=O) groups is 1. The molecule has 5 fully saturated rings. The number of hydrogen-bond donors (Lipinski definition) is 4. The van der Waals surface area contributed by atoms with Gasteiger partial charge in [-0.3, -0.25) is 9.50 Å². The van der Waals surface area contributed by atoms with Crippen LogP contribution in [0, 0.1) is 5.92 Å². The Morgan fingerprint density at radius 2 is 2.03 bits per heavy atom. The molecule has 12 heteroatoms. The second kappa shape index (κ2) is 8.32. The van der Waals surface area contributed by atoms with Crippen molar-refractivity contribution in [1.82, 2.24) is 35.2 Å². The number of ether oxygens (including phenoxy) is 1. The topological polar surface area (TPSA) is 124 Å². The molecule has 2 bridgehead atoms. The van der Waals surface area contributed by atoms with Gasteiger partial charge in [0.2, 0.25) is 5.95 Å². The predicted molar refractivity (Wildman–Crippen MR) is 130 cm³/mol. The zero-order chi connectivity index (χ0) is 24.3. The van der Waals surface area contributed by atoms with Crippen molar-refractivity contribution >= 4 is 29.2 Å². The highest BCUT2D eigenvalue weighted by Gasteiger charge is 2.58. The fourth-order valence-corrected chi connectivity index (χ4v) is 6.19. The Balaban J connectivity index is 1.01. The Kier molecular flexibility index (Phi) is 5.05. The van der Waals surface area contributed by atoms with Gasteiger partial charge in [-0.1, -0.05) is 0 Å². The lowest BCUT2D eigenvalue weighted by molar-refractivity contribution is -0.0530. The Bertz CT molecular complexity index is 1270. The van der Waals surface area contributed by atoms with Crippen molar-refractivity contribution in [3.63, 3.8) is 0 Å². The molecule has 8 rings (SSSR count). The number of anilines is 3. The summed E-state index contributed by atoms with van der Waals surface area (Å²) < 4.78 is 22.1. The molecule has 4 saturated carbocycles. The summed E-state index contributed by atoms with van der Waals surface area (Å²) in [5.74, 6) is 1.83. The van der Waals surface area contributed by atoms with Crippen LogP contribution < -0.4 is 20.9 Å². The Morgan fingerprint density at radius 1 is 1.19 bits per heavy atom. The number of halogens is 1. The standard InChI is InChI=1S/C24H30FN9O2/c25-16-7-15(8-19(16)36-23(35)30-24-10-14(11-24)12-24)17-9-20(32-31-17)29-22-28-13-18(21-27-3-6-34(21)22)33-4-1-26-2-5-33/h3,6,9,13-16,19,26H,1-2,4-5,7-8,10-12H2,(H,30,35)(H2,28,29,31,32). The van der Waals surface area contributed by atoms with Crippen LogP contribution in [0.15, 0.2) is 24.7 Å². The van der Waals surface area contributed by atoms with Gasteiger partial charge >= 0.3 is 6.09 Å². The minimum absolute atomic E-state index is 0.0760. The number of nitrogens with one attached hydrogen (secondary N) is 4. The van der Waals surface area contributed by atoms with Gasteiger partial charge in [-0.05, 0) is 38.0 Å². The smallest absolute Gasteiger partial charge is 0.407 e. The summed E-state index contributed by atoms with van der Waals surface area (Å²) in [4.78, 5) is 23.7. The molecule has 4 heterocycles. The molecule has 190 valence electrons. The summed E-state index contributed by atoms with van der Waals surface area (Å²) in [5, 5.41) is 17.0. The van der Waals surface area contributed by atoms with E-state index in [-0.39, 0.29) is 17.9 Å². The molecular formula is C24H30FN9O2. The van der Waals surface area contributed by atoms with Gasteiger partial charge in [0, 0.05) is 61.8 Å². The molecular weight excluding hydrogens is 465 g/mol. The summed E-state index contributed by atoms with van der Waals surface area (Å²) in [5.41, 5.74) is 2.57. The van der Waals surface area contributed by atoms with Crippen molar-refractivity contribution in [3.05, 3.63) is 30.4 Å². The molecule has 0 spiro atoms. The third kappa shape index (κ3) is 3.74. The van der Waals surface area contributed by atoms with E-state index in [4.69, 9.17) is 4.74 Å². The number of hydrogen-bond acceptors (Lipinski definition) is 8. The van der Waals surface area contributed by atoms with Gasteiger partial charge in [0.25, 0.3) is 0 Å². The molecule has 3 unspecified atom stereocenters. The Morgan fingerprint density at radius 3 is 2.81 bits per heavy atom. The van der Waals surface area contributed by atoms with Crippen LogP contribution in [0.2, 0.25) is 0 Å². The number of piperazine rings is 1. The van der Waals surface area contributed by atoms with E-state index in [1.165, 1.54) is 0 Å². The maximum Gasteiger partial charge on any atom is 0.407 e. The lowest BCUT2D eigenvalue weighted by Gasteiger charge is -2.61. The number of imidazole rings is 1. The molecule has 5 aliphatic rings. The summed E-state index contributed by atoms with van der Waals surface area (Å²) in [6.45, 7) is 3.68.